The zero-order valence-corrected chi connectivity index (χ0v) is 19.6. The molecule has 0 bridgehead atoms. The van der Waals surface area contributed by atoms with E-state index in [-0.39, 0.29) is 23.1 Å². The van der Waals surface area contributed by atoms with Crippen molar-refractivity contribution in [2.24, 2.45) is 0 Å². The molecule has 2 aliphatic heterocycles. The molecule has 2 aliphatic rings. The number of likely N-dealkylation sites (tertiary alicyclic amines) is 1. The predicted molar refractivity (Wildman–Crippen MR) is 124 cm³/mol. The van der Waals surface area contributed by atoms with Crippen molar-refractivity contribution in [2.75, 3.05) is 38.5 Å². The number of nitrogens with zero attached hydrogens (tertiary/aromatic N) is 4. The summed E-state index contributed by atoms with van der Waals surface area (Å²) in [6.07, 6.45) is 2.70. The minimum absolute atomic E-state index is 0.139. The number of fused-ring (bicyclic) bond motifs is 1. The maximum absolute atomic E-state index is 13.8. The molecule has 1 aromatic heterocycles. The van der Waals surface area contributed by atoms with E-state index in [0.717, 1.165) is 68.3 Å². The second-order valence-corrected chi connectivity index (χ2v) is 9.87. The van der Waals surface area contributed by atoms with E-state index >= 15 is 0 Å². The fourth-order valence-corrected chi connectivity index (χ4v) is 4.67. The van der Waals surface area contributed by atoms with Crippen molar-refractivity contribution in [3.8, 4) is 0 Å². The third-order valence-electron chi connectivity index (χ3n) is 6.88. The Labute approximate surface area is 190 Å². The number of halogens is 1. The molecule has 0 saturated carbocycles. The number of anilines is 1. The van der Waals surface area contributed by atoms with Gasteiger partial charge in [-0.25, -0.2) is 14.4 Å². The second kappa shape index (κ2) is 9.14. The summed E-state index contributed by atoms with van der Waals surface area (Å²) in [7, 11) is 2.12. The molecule has 1 amide bonds. The van der Waals surface area contributed by atoms with Crippen LogP contribution in [0.5, 0.6) is 0 Å². The van der Waals surface area contributed by atoms with Crippen LogP contribution in [0, 0.1) is 5.82 Å². The van der Waals surface area contributed by atoms with Gasteiger partial charge in [-0.2, -0.15) is 0 Å². The highest BCUT2D eigenvalue weighted by molar-refractivity contribution is 5.73. The van der Waals surface area contributed by atoms with Gasteiger partial charge in [0, 0.05) is 63.0 Å². The van der Waals surface area contributed by atoms with E-state index in [2.05, 4.69) is 31.1 Å². The lowest BCUT2D eigenvalue weighted by Gasteiger charge is -2.33. The zero-order chi connectivity index (χ0) is 22.9. The van der Waals surface area contributed by atoms with Crippen LogP contribution < -0.4 is 5.32 Å². The number of likely N-dealkylation sites (N-methyl/N-ethyl adjacent to an activating group) is 1. The van der Waals surface area contributed by atoms with E-state index in [9.17, 15) is 9.18 Å². The number of carbonyl (C=O) groups excluding carboxylic acids is 1. The summed E-state index contributed by atoms with van der Waals surface area (Å²) in [5, 5.41) is 3.59. The van der Waals surface area contributed by atoms with Crippen LogP contribution in [-0.2, 0) is 23.2 Å². The van der Waals surface area contributed by atoms with Gasteiger partial charge in [-0.1, -0.05) is 26.0 Å². The Balaban J connectivity index is 1.58. The molecule has 0 unspecified atom stereocenters. The molecule has 2 aromatic rings. The number of piperidine rings is 1. The van der Waals surface area contributed by atoms with Gasteiger partial charge in [0.1, 0.15) is 17.5 Å². The number of carbonyl (C=O) groups is 1. The van der Waals surface area contributed by atoms with Gasteiger partial charge in [0.25, 0.3) is 0 Å². The smallest absolute Gasteiger partial charge is 0.219 e. The molecule has 1 aromatic carbocycles. The summed E-state index contributed by atoms with van der Waals surface area (Å²) in [5.74, 6) is 1.99. The Morgan fingerprint density at radius 3 is 2.66 bits per heavy atom. The molecule has 32 heavy (non-hydrogen) atoms. The summed E-state index contributed by atoms with van der Waals surface area (Å²) in [4.78, 5) is 25.9. The molecule has 3 heterocycles. The van der Waals surface area contributed by atoms with Gasteiger partial charge in [-0.05, 0) is 37.6 Å². The number of hydrogen-bond donors (Lipinski definition) is 1. The van der Waals surface area contributed by atoms with Crippen molar-refractivity contribution in [3.63, 3.8) is 0 Å². The molecule has 0 spiro atoms. The standard InChI is InChI=1S/C25H34FN5O/c1-17(32)31-12-8-18(9-13-31)23-28-22-10-11-30(4)15-21(22)24(29-23)27-16-25(2,3)19-6-5-7-20(26)14-19/h5-7,14,18H,8-13,15-16H2,1-4H3,(H,27,28,29). The maximum Gasteiger partial charge on any atom is 0.219 e. The van der Waals surface area contributed by atoms with Crippen molar-refractivity contribution < 1.29 is 9.18 Å². The molecule has 0 radical (unpaired) electrons. The normalized spacial score (nSPS) is 17.8. The number of rotatable bonds is 5. The number of nitrogens with one attached hydrogen (secondary N) is 1. The number of aromatic nitrogens is 2. The van der Waals surface area contributed by atoms with E-state index in [1.807, 2.05) is 11.0 Å². The third-order valence-corrected chi connectivity index (χ3v) is 6.88. The molecule has 4 rings (SSSR count). The summed E-state index contributed by atoms with van der Waals surface area (Å²) < 4.78 is 13.8. The van der Waals surface area contributed by atoms with Gasteiger partial charge >= 0.3 is 0 Å². The Kier molecular flexibility index (Phi) is 6.47. The quantitative estimate of drug-likeness (QED) is 0.769. The lowest BCUT2D eigenvalue weighted by atomic mass is 9.84. The van der Waals surface area contributed by atoms with E-state index in [0.29, 0.717) is 6.54 Å². The molecule has 1 N–H and O–H groups in total. The van der Waals surface area contributed by atoms with Crippen LogP contribution in [0.15, 0.2) is 24.3 Å². The SMILES string of the molecule is CC(=O)N1CCC(c2nc3c(c(NCC(C)(C)c4cccc(F)c4)n2)CN(C)CC3)CC1. The molecule has 6 nitrogen and oxygen atoms in total. The molecule has 1 saturated heterocycles. The van der Waals surface area contributed by atoms with Gasteiger partial charge in [0.15, 0.2) is 0 Å². The first kappa shape index (κ1) is 22.6. The van der Waals surface area contributed by atoms with Crippen LogP contribution in [0.25, 0.3) is 0 Å². The Morgan fingerprint density at radius 2 is 1.97 bits per heavy atom. The molecular formula is C25H34FN5O. The first-order chi connectivity index (χ1) is 15.2. The zero-order valence-electron chi connectivity index (χ0n) is 19.6. The largest absolute Gasteiger partial charge is 0.369 e. The summed E-state index contributed by atoms with van der Waals surface area (Å²) in [5.41, 5.74) is 3.00. The van der Waals surface area contributed by atoms with Gasteiger partial charge in [0.05, 0.1) is 5.69 Å². The van der Waals surface area contributed by atoms with E-state index in [1.54, 1.807) is 19.1 Å². The van der Waals surface area contributed by atoms with Crippen LogP contribution in [0.2, 0.25) is 0 Å². The highest BCUT2D eigenvalue weighted by atomic mass is 19.1. The Morgan fingerprint density at radius 1 is 1.22 bits per heavy atom. The van der Waals surface area contributed by atoms with E-state index in [1.165, 1.54) is 11.6 Å². The van der Waals surface area contributed by atoms with Crippen molar-refractivity contribution in [3.05, 3.63) is 52.7 Å². The Bertz CT molecular complexity index is 984. The van der Waals surface area contributed by atoms with Crippen molar-refractivity contribution in [1.82, 2.24) is 19.8 Å². The average Bonchev–Trinajstić information content (AvgIpc) is 2.77. The summed E-state index contributed by atoms with van der Waals surface area (Å²) >= 11 is 0. The Hall–Kier alpha value is -2.54. The first-order valence-electron chi connectivity index (χ1n) is 11.6. The van der Waals surface area contributed by atoms with Crippen LogP contribution in [0.4, 0.5) is 10.2 Å². The molecule has 1 fully saturated rings. The van der Waals surface area contributed by atoms with Gasteiger partial charge in [-0.3, -0.25) is 4.79 Å². The molecular weight excluding hydrogens is 405 g/mol. The minimum atomic E-state index is -0.256. The number of benzene rings is 1. The summed E-state index contributed by atoms with van der Waals surface area (Å²) in [6.45, 7) is 9.85. The molecule has 0 aliphatic carbocycles. The topological polar surface area (TPSA) is 61.4 Å². The first-order valence-corrected chi connectivity index (χ1v) is 11.6. The monoisotopic (exact) mass is 439 g/mol. The van der Waals surface area contributed by atoms with Crippen molar-refractivity contribution in [2.45, 2.75) is 57.9 Å². The van der Waals surface area contributed by atoms with Crippen LogP contribution in [0.1, 0.15) is 62.2 Å². The number of hydrogen-bond acceptors (Lipinski definition) is 5. The fraction of sp³-hybridized carbons (Fsp3) is 0.560. The third kappa shape index (κ3) is 4.93. The maximum atomic E-state index is 13.8. The van der Waals surface area contributed by atoms with E-state index in [4.69, 9.17) is 9.97 Å². The van der Waals surface area contributed by atoms with Gasteiger partial charge in [0.2, 0.25) is 5.91 Å². The van der Waals surface area contributed by atoms with Gasteiger partial charge < -0.3 is 15.1 Å². The highest BCUT2D eigenvalue weighted by Crippen LogP contribution is 2.31. The second-order valence-electron chi connectivity index (χ2n) is 9.87. The average molecular weight is 440 g/mol. The molecule has 172 valence electrons. The van der Waals surface area contributed by atoms with E-state index < -0.39 is 0 Å². The highest BCUT2D eigenvalue weighted by Gasteiger charge is 2.28. The van der Waals surface area contributed by atoms with Crippen LogP contribution in [0.3, 0.4) is 0 Å². The van der Waals surface area contributed by atoms with Crippen molar-refractivity contribution in [1.29, 1.82) is 0 Å². The lowest BCUT2D eigenvalue weighted by molar-refractivity contribution is -0.129. The van der Waals surface area contributed by atoms with Gasteiger partial charge in [-0.15, -0.1) is 0 Å². The molecule has 7 heteroatoms. The van der Waals surface area contributed by atoms with Crippen LogP contribution in [-0.4, -0.2) is 58.9 Å². The number of amides is 1. The van der Waals surface area contributed by atoms with Crippen molar-refractivity contribution >= 4 is 11.7 Å². The minimum Gasteiger partial charge on any atom is -0.369 e. The fourth-order valence-electron chi connectivity index (χ4n) is 4.67. The van der Waals surface area contributed by atoms with Crippen LogP contribution >= 0.6 is 0 Å². The lowest BCUT2D eigenvalue weighted by Crippen LogP contribution is -2.37. The summed E-state index contributed by atoms with van der Waals surface area (Å²) in [6, 6.07) is 6.83. The molecule has 0 atom stereocenters. The predicted octanol–water partition coefficient (Wildman–Crippen LogP) is 3.72.